The molecule has 1 aromatic heterocycles. The molecule has 0 aliphatic carbocycles. The highest BCUT2D eigenvalue weighted by Gasteiger charge is 2.18. The van der Waals surface area contributed by atoms with Crippen molar-refractivity contribution < 1.29 is 9.84 Å². The lowest BCUT2D eigenvalue weighted by molar-refractivity contribution is 0.134. The molecule has 0 bridgehead atoms. The number of nitrogens with zero attached hydrogens (tertiary/aromatic N) is 2. The Bertz CT molecular complexity index is 429. The predicted octanol–water partition coefficient (Wildman–Crippen LogP) is 1.26. The fourth-order valence-electron chi connectivity index (χ4n) is 1.93. The van der Waals surface area contributed by atoms with Gasteiger partial charge >= 0.3 is 0 Å². The van der Waals surface area contributed by atoms with E-state index in [1.807, 2.05) is 25.1 Å². The van der Waals surface area contributed by atoms with Crippen molar-refractivity contribution in [2.45, 2.75) is 19.3 Å². The fourth-order valence-corrected chi connectivity index (χ4v) is 1.93. The largest absolute Gasteiger partial charge is 0.382 e. The van der Waals surface area contributed by atoms with Crippen molar-refractivity contribution in [2.24, 2.45) is 0 Å². The van der Waals surface area contributed by atoms with Gasteiger partial charge in [0.2, 0.25) is 0 Å². The van der Waals surface area contributed by atoms with Crippen LogP contribution in [0.15, 0.2) is 24.4 Å². The number of ether oxygens (including phenoxy) is 1. The molecule has 0 saturated carbocycles. The van der Waals surface area contributed by atoms with Gasteiger partial charge in [-0.1, -0.05) is 6.58 Å². The van der Waals surface area contributed by atoms with E-state index in [1.54, 1.807) is 6.20 Å². The van der Waals surface area contributed by atoms with Crippen LogP contribution in [0.4, 0.5) is 0 Å². The quantitative estimate of drug-likeness (QED) is 0.797. The maximum atomic E-state index is 10.1. The molecular weight excluding hydrogens is 216 g/mol. The molecule has 4 heteroatoms. The Labute approximate surface area is 102 Å². The Hall–Kier alpha value is -1.23. The maximum absolute atomic E-state index is 10.1. The molecular formula is C13H18N2O2. The lowest BCUT2D eigenvalue weighted by Crippen LogP contribution is -2.18. The van der Waals surface area contributed by atoms with Gasteiger partial charge in [-0.05, 0) is 31.3 Å². The molecule has 1 aliphatic heterocycles. The van der Waals surface area contributed by atoms with E-state index < -0.39 is 6.10 Å². The number of aliphatic hydroxyl groups is 1. The predicted molar refractivity (Wildman–Crippen MR) is 65.4 cm³/mol. The number of pyridine rings is 1. The summed E-state index contributed by atoms with van der Waals surface area (Å²) in [6.07, 6.45) is 1.08. The molecule has 0 aromatic carbocycles. The van der Waals surface area contributed by atoms with Gasteiger partial charge in [0.1, 0.15) is 6.10 Å². The molecule has 0 spiro atoms. The molecule has 0 saturated heterocycles. The first-order valence-corrected chi connectivity index (χ1v) is 5.64. The SMILES string of the molecule is C=C(CN(C)C)C(O)c1cc2c(cn1)COC2. The van der Waals surface area contributed by atoms with Crippen LogP contribution >= 0.6 is 0 Å². The number of aliphatic hydroxyl groups excluding tert-OH is 1. The number of likely N-dealkylation sites (N-methyl/N-ethyl adjacent to an activating group) is 1. The van der Waals surface area contributed by atoms with Gasteiger partial charge in [0.15, 0.2) is 0 Å². The van der Waals surface area contributed by atoms with Gasteiger partial charge in [-0.2, -0.15) is 0 Å². The zero-order valence-corrected chi connectivity index (χ0v) is 10.3. The summed E-state index contributed by atoms with van der Waals surface area (Å²) < 4.78 is 5.32. The minimum absolute atomic E-state index is 0.609. The Balaban J connectivity index is 2.14. The van der Waals surface area contributed by atoms with Crippen LogP contribution in [0.2, 0.25) is 0 Å². The second kappa shape index (κ2) is 4.96. The topological polar surface area (TPSA) is 45.6 Å². The summed E-state index contributed by atoms with van der Waals surface area (Å²) in [7, 11) is 3.89. The lowest BCUT2D eigenvalue weighted by atomic mass is 10.0. The van der Waals surface area contributed by atoms with Crippen LogP contribution in [0, 0.1) is 0 Å². The molecule has 2 heterocycles. The average molecular weight is 234 g/mol. The average Bonchev–Trinajstić information content (AvgIpc) is 2.73. The van der Waals surface area contributed by atoms with Gasteiger partial charge in [-0.25, -0.2) is 0 Å². The summed E-state index contributed by atoms with van der Waals surface area (Å²) >= 11 is 0. The minimum Gasteiger partial charge on any atom is -0.382 e. The molecule has 1 N–H and O–H groups in total. The zero-order chi connectivity index (χ0) is 12.4. The number of hydrogen-bond acceptors (Lipinski definition) is 4. The van der Waals surface area contributed by atoms with Crippen molar-refractivity contribution in [3.05, 3.63) is 41.2 Å². The van der Waals surface area contributed by atoms with E-state index in [2.05, 4.69) is 11.6 Å². The number of rotatable bonds is 4. The van der Waals surface area contributed by atoms with Crippen molar-refractivity contribution in [1.29, 1.82) is 0 Å². The van der Waals surface area contributed by atoms with Crippen LogP contribution < -0.4 is 0 Å². The third-order valence-corrected chi connectivity index (χ3v) is 2.81. The van der Waals surface area contributed by atoms with Crippen LogP contribution in [-0.2, 0) is 18.0 Å². The molecule has 4 nitrogen and oxygen atoms in total. The Morgan fingerprint density at radius 3 is 2.94 bits per heavy atom. The zero-order valence-electron chi connectivity index (χ0n) is 10.3. The summed E-state index contributed by atoms with van der Waals surface area (Å²) in [5.41, 5.74) is 3.63. The van der Waals surface area contributed by atoms with E-state index in [4.69, 9.17) is 4.74 Å². The second-order valence-corrected chi connectivity index (χ2v) is 4.67. The molecule has 1 atom stereocenters. The first kappa shape index (κ1) is 12.2. The summed E-state index contributed by atoms with van der Waals surface area (Å²) in [6, 6.07) is 1.91. The van der Waals surface area contributed by atoms with E-state index >= 15 is 0 Å². The van der Waals surface area contributed by atoms with E-state index in [9.17, 15) is 5.11 Å². The Morgan fingerprint density at radius 2 is 2.24 bits per heavy atom. The van der Waals surface area contributed by atoms with Gasteiger partial charge < -0.3 is 14.7 Å². The van der Waals surface area contributed by atoms with Crippen LogP contribution in [0.5, 0.6) is 0 Å². The number of fused-ring (bicyclic) bond motifs is 1. The monoisotopic (exact) mass is 234 g/mol. The third kappa shape index (κ3) is 2.72. The molecule has 0 amide bonds. The Kier molecular flexibility index (Phi) is 3.57. The fraction of sp³-hybridized carbons (Fsp3) is 0.462. The highest BCUT2D eigenvalue weighted by Crippen LogP contribution is 2.24. The van der Waals surface area contributed by atoms with Crippen molar-refractivity contribution in [3.8, 4) is 0 Å². The van der Waals surface area contributed by atoms with Gasteiger partial charge in [0, 0.05) is 18.3 Å². The van der Waals surface area contributed by atoms with E-state index in [1.165, 1.54) is 0 Å². The highest BCUT2D eigenvalue weighted by atomic mass is 16.5. The molecule has 0 radical (unpaired) electrons. The van der Waals surface area contributed by atoms with Crippen LogP contribution in [0.1, 0.15) is 22.9 Å². The molecule has 2 rings (SSSR count). The standard InChI is InChI=1S/C13H18N2O2/c1-9(6-15(2)3)13(16)12-4-10-7-17-8-11(10)5-14-12/h4-5,13,16H,1,6-8H2,2-3H3. The third-order valence-electron chi connectivity index (χ3n) is 2.81. The van der Waals surface area contributed by atoms with Crippen molar-refractivity contribution in [3.63, 3.8) is 0 Å². The number of hydrogen-bond donors (Lipinski definition) is 1. The minimum atomic E-state index is -0.705. The summed E-state index contributed by atoms with van der Waals surface area (Å²) in [5, 5.41) is 10.1. The molecule has 1 aromatic rings. The molecule has 92 valence electrons. The smallest absolute Gasteiger partial charge is 0.118 e. The van der Waals surface area contributed by atoms with E-state index in [-0.39, 0.29) is 0 Å². The van der Waals surface area contributed by atoms with Crippen molar-refractivity contribution in [2.75, 3.05) is 20.6 Å². The van der Waals surface area contributed by atoms with Crippen molar-refractivity contribution in [1.82, 2.24) is 9.88 Å². The molecule has 1 aliphatic rings. The van der Waals surface area contributed by atoms with Crippen LogP contribution in [0.3, 0.4) is 0 Å². The van der Waals surface area contributed by atoms with E-state index in [0.717, 1.165) is 16.7 Å². The highest BCUT2D eigenvalue weighted by molar-refractivity contribution is 5.31. The van der Waals surface area contributed by atoms with Gasteiger partial charge in [0.25, 0.3) is 0 Å². The van der Waals surface area contributed by atoms with Gasteiger partial charge in [-0.3, -0.25) is 4.98 Å². The van der Waals surface area contributed by atoms with E-state index in [0.29, 0.717) is 25.5 Å². The molecule has 1 unspecified atom stereocenters. The van der Waals surface area contributed by atoms with Gasteiger partial charge in [0.05, 0.1) is 18.9 Å². The summed E-state index contributed by atoms with van der Waals surface area (Å²) in [6.45, 7) is 5.78. The van der Waals surface area contributed by atoms with Crippen LogP contribution in [-0.4, -0.2) is 35.6 Å². The molecule has 0 fully saturated rings. The first-order chi connectivity index (χ1) is 8.08. The summed E-state index contributed by atoms with van der Waals surface area (Å²) in [5.74, 6) is 0. The van der Waals surface area contributed by atoms with Crippen molar-refractivity contribution >= 4 is 0 Å². The first-order valence-electron chi connectivity index (χ1n) is 5.64. The second-order valence-electron chi connectivity index (χ2n) is 4.67. The Morgan fingerprint density at radius 1 is 1.53 bits per heavy atom. The summed E-state index contributed by atoms with van der Waals surface area (Å²) in [4.78, 5) is 6.24. The maximum Gasteiger partial charge on any atom is 0.118 e. The van der Waals surface area contributed by atoms with Gasteiger partial charge in [-0.15, -0.1) is 0 Å². The normalized spacial score (nSPS) is 16.0. The number of aromatic nitrogens is 1. The lowest BCUT2D eigenvalue weighted by Gasteiger charge is -2.17. The van der Waals surface area contributed by atoms with Crippen LogP contribution in [0.25, 0.3) is 0 Å². The molecule has 17 heavy (non-hydrogen) atoms.